The van der Waals surface area contributed by atoms with Crippen LogP contribution >= 0.6 is 23.2 Å². The number of nitrogens with one attached hydrogen (secondary N) is 2. The Morgan fingerprint density at radius 3 is 2.76 bits per heavy atom. The number of nitrogens with zero attached hydrogens (tertiary/aromatic N) is 1. The van der Waals surface area contributed by atoms with Crippen LogP contribution in [-0.4, -0.2) is 16.9 Å². The lowest BCUT2D eigenvalue weighted by Gasteiger charge is -2.10. The van der Waals surface area contributed by atoms with Crippen molar-refractivity contribution >= 4 is 40.5 Å². The van der Waals surface area contributed by atoms with Gasteiger partial charge in [-0.3, -0.25) is 9.78 Å². The number of amides is 1. The standard InChI is InChI=1S/C15H13Cl2N3O/c16-10-1-4-13(17)14(6-10)19-12-5-9(7-18-8-12)15(21)20-11-2-3-11/h1,4-8,11,19H,2-3H2,(H,20,21). The van der Waals surface area contributed by atoms with Crippen molar-refractivity contribution in [2.24, 2.45) is 0 Å². The summed E-state index contributed by atoms with van der Waals surface area (Å²) in [5.41, 5.74) is 1.87. The van der Waals surface area contributed by atoms with Crippen LogP contribution in [0, 0.1) is 0 Å². The Labute approximate surface area is 132 Å². The van der Waals surface area contributed by atoms with Crippen LogP contribution in [0.3, 0.4) is 0 Å². The number of carbonyl (C=O) groups is 1. The molecular weight excluding hydrogens is 309 g/mol. The van der Waals surface area contributed by atoms with E-state index in [2.05, 4.69) is 15.6 Å². The van der Waals surface area contributed by atoms with Crippen molar-refractivity contribution in [2.45, 2.75) is 18.9 Å². The molecule has 2 aromatic rings. The molecule has 6 heteroatoms. The molecule has 3 rings (SSSR count). The van der Waals surface area contributed by atoms with Crippen molar-refractivity contribution in [1.82, 2.24) is 10.3 Å². The number of carbonyl (C=O) groups excluding carboxylic acids is 1. The Balaban J connectivity index is 1.79. The van der Waals surface area contributed by atoms with Gasteiger partial charge in [-0.05, 0) is 37.1 Å². The largest absolute Gasteiger partial charge is 0.353 e. The van der Waals surface area contributed by atoms with Crippen LogP contribution < -0.4 is 10.6 Å². The Kier molecular flexibility index (Phi) is 3.99. The molecule has 1 heterocycles. The lowest BCUT2D eigenvalue weighted by molar-refractivity contribution is 0.0951. The first-order chi connectivity index (χ1) is 10.1. The van der Waals surface area contributed by atoms with Crippen LogP contribution in [0.2, 0.25) is 10.0 Å². The molecule has 1 aromatic heterocycles. The molecule has 1 aliphatic carbocycles. The van der Waals surface area contributed by atoms with Gasteiger partial charge in [0.1, 0.15) is 0 Å². The van der Waals surface area contributed by atoms with Gasteiger partial charge in [-0.25, -0.2) is 0 Å². The molecule has 0 aliphatic heterocycles. The zero-order chi connectivity index (χ0) is 14.8. The van der Waals surface area contributed by atoms with Gasteiger partial charge in [0, 0.05) is 17.3 Å². The van der Waals surface area contributed by atoms with E-state index in [9.17, 15) is 4.79 Å². The van der Waals surface area contributed by atoms with Crippen molar-refractivity contribution in [1.29, 1.82) is 0 Å². The van der Waals surface area contributed by atoms with Crippen LogP contribution in [0.25, 0.3) is 0 Å². The molecule has 0 saturated heterocycles. The van der Waals surface area contributed by atoms with E-state index in [0.29, 0.717) is 33.0 Å². The van der Waals surface area contributed by atoms with E-state index in [-0.39, 0.29) is 5.91 Å². The van der Waals surface area contributed by atoms with Gasteiger partial charge in [-0.15, -0.1) is 0 Å². The number of hydrogen-bond acceptors (Lipinski definition) is 3. The molecule has 0 atom stereocenters. The molecule has 0 unspecified atom stereocenters. The minimum atomic E-state index is -0.106. The predicted molar refractivity (Wildman–Crippen MR) is 84.5 cm³/mol. The lowest BCUT2D eigenvalue weighted by atomic mass is 10.2. The molecule has 0 bridgehead atoms. The number of benzene rings is 1. The van der Waals surface area contributed by atoms with E-state index in [0.717, 1.165) is 12.8 Å². The summed E-state index contributed by atoms with van der Waals surface area (Å²) in [5.74, 6) is -0.106. The number of pyridine rings is 1. The maximum absolute atomic E-state index is 12.0. The summed E-state index contributed by atoms with van der Waals surface area (Å²) in [6, 6.07) is 7.20. The van der Waals surface area contributed by atoms with Gasteiger partial charge in [0.25, 0.3) is 5.91 Å². The fourth-order valence-corrected chi connectivity index (χ4v) is 2.21. The van der Waals surface area contributed by atoms with Crippen molar-refractivity contribution in [3.8, 4) is 0 Å². The summed E-state index contributed by atoms with van der Waals surface area (Å²) in [7, 11) is 0. The number of rotatable bonds is 4. The maximum Gasteiger partial charge on any atom is 0.253 e. The van der Waals surface area contributed by atoms with Crippen LogP contribution in [0.1, 0.15) is 23.2 Å². The highest BCUT2D eigenvalue weighted by Gasteiger charge is 2.23. The minimum absolute atomic E-state index is 0.106. The van der Waals surface area contributed by atoms with Gasteiger partial charge in [-0.1, -0.05) is 23.2 Å². The van der Waals surface area contributed by atoms with Crippen LogP contribution in [0.5, 0.6) is 0 Å². The zero-order valence-electron chi connectivity index (χ0n) is 11.1. The number of anilines is 2. The molecular formula is C15H13Cl2N3O. The van der Waals surface area contributed by atoms with Gasteiger partial charge < -0.3 is 10.6 Å². The molecule has 2 N–H and O–H groups in total. The Morgan fingerprint density at radius 2 is 2.00 bits per heavy atom. The summed E-state index contributed by atoms with van der Waals surface area (Å²) in [6.45, 7) is 0. The van der Waals surface area contributed by atoms with Crippen molar-refractivity contribution in [2.75, 3.05) is 5.32 Å². The summed E-state index contributed by atoms with van der Waals surface area (Å²) in [5, 5.41) is 7.18. The minimum Gasteiger partial charge on any atom is -0.353 e. The normalized spacial score (nSPS) is 13.8. The Bertz CT molecular complexity index is 686. The predicted octanol–water partition coefficient (Wildman–Crippen LogP) is 4.02. The Hall–Kier alpha value is -1.78. The van der Waals surface area contributed by atoms with Gasteiger partial charge in [-0.2, -0.15) is 0 Å². The summed E-state index contributed by atoms with van der Waals surface area (Å²) >= 11 is 12.1. The molecule has 1 aromatic carbocycles. The lowest BCUT2D eigenvalue weighted by Crippen LogP contribution is -2.25. The first-order valence-corrected chi connectivity index (χ1v) is 7.35. The van der Waals surface area contributed by atoms with Crippen LogP contribution in [0.15, 0.2) is 36.7 Å². The third-order valence-corrected chi connectivity index (χ3v) is 3.69. The van der Waals surface area contributed by atoms with E-state index >= 15 is 0 Å². The highest BCUT2D eigenvalue weighted by molar-refractivity contribution is 6.35. The Morgan fingerprint density at radius 1 is 1.19 bits per heavy atom. The smallest absolute Gasteiger partial charge is 0.253 e. The van der Waals surface area contributed by atoms with Crippen molar-refractivity contribution in [3.63, 3.8) is 0 Å². The fraction of sp³-hybridized carbons (Fsp3) is 0.200. The van der Waals surface area contributed by atoms with E-state index < -0.39 is 0 Å². The number of hydrogen-bond donors (Lipinski definition) is 2. The van der Waals surface area contributed by atoms with Gasteiger partial charge in [0.05, 0.1) is 28.2 Å². The van der Waals surface area contributed by atoms with Gasteiger partial charge in [0.15, 0.2) is 0 Å². The van der Waals surface area contributed by atoms with Crippen LogP contribution in [0.4, 0.5) is 11.4 Å². The topological polar surface area (TPSA) is 54.0 Å². The quantitative estimate of drug-likeness (QED) is 0.894. The average Bonchev–Trinajstić information content (AvgIpc) is 3.27. The fourth-order valence-electron chi connectivity index (χ4n) is 1.88. The SMILES string of the molecule is O=C(NC1CC1)c1cncc(Nc2cc(Cl)ccc2Cl)c1. The first-order valence-electron chi connectivity index (χ1n) is 6.60. The van der Waals surface area contributed by atoms with Gasteiger partial charge >= 0.3 is 0 Å². The number of halogens is 2. The van der Waals surface area contributed by atoms with Crippen LogP contribution in [-0.2, 0) is 0 Å². The molecule has 0 spiro atoms. The molecule has 1 fully saturated rings. The average molecular weight is 322 g/mol. The second kappa shape index (κ2) is 5.92. The van der Waals surface area contributed by atoms with E-state index in [4.69, 9.17) is 23.2 Å². The molecule has 108 valence electrons. The summed E-state index contributed by atoms with van der Waals surface area (Å²) in [4.78, 5) is 16.1. The first kappa shape index (κ1) is 14.2. The van der Waals surface area contributed by atoms with Crippen molar-refractivity contribution < 1.29 is 4.79 Å². The van der Waals surface area contributed by atoms with E-state index in [1.54, 1.807) is 36.7 Å². The maximum atomic E-state index is 12.0. The van der Waals surface area contributed by atoms with Crippen molar-refractivity contribution in [3.05, 3.63) is 52.3 Å². The molecule has 21 heavy (non-hydrogen) atoms. The summed E-state index contributed by atoms with van der Waals surface area (Å²) in [6.07, 6.45) is 5.28. The second-order valence-corrected chi connectivity index (χ2v) is 5.80. The number of aromatic nitrogens is 1. The van der Waals surface area contributed by atoms with E-state index in [1.165, 1.54) is 0 Å². The molecule has 1 amide bonds. The van der Waals surface area contributed by atoms with E-state index in [1.807, 2.05) is 0 Å². The molecule has 4 nitrogen and oxygen atoms in total. The zero-order valence-corrected chi connectivity index (χ0v) is 12.6. The monoisotopic (exact) mass is 321 g/mol. The molecule has 0 radical (unpaired) electrons. The third-order valence-electron chi connectivity index (χ3n) is 3.12. The third kappa shape index (κ3) is 3.65. The molecule has 1 aliphatic rings. The van der Waals surface area contributed by atoms with Gasteiger partial charge in [0.2, 0.25) is 0 Å². The molecule has 1 saturated carbocycles. The summed E-state index contributed by atoms with van der Waals surface area (Å²) < 4.78 is 0. The highest BCUT2D eigenvalue weighted by Crippen LogP contribution is 2.28. The second-order valence-electron chi connectivity index (χ2n) is 4.96. The highest BCUT2D eigenvalue weighted by atomic mass is 35.5.